The van der Waals surface area contributed by atoms with Crippen LogP contribution in [0.4, 0.5) is 5.69 Å². The van der Waals surface area contributed by atoms with Gasteiger partial charge in [-0.05, 0) is 25.5 Å². The van der Waals surface area contributed by atoms with Crippen LogP contribution in [0, 0.1) is 6.92 Å². The Balaban J connectivity index is 2.42. The smallest absolute Gasteiger partial charge is 0.108 e. The van der Waals surface area contributed by atoms with Crippen LogP contribution in [0.25, 0.3) is 0 Å². The summed E-state index contributed by atoms with van der Waals surface area (Å²) in [6, 6.07) is 8.35. The van der Waals surface area contributed by atoms with Crippen molar-refractivity contribution in [2.24, 2.45) is 4.99 Å². The Bertz CT molecular complexity index is 365. The first-order chi connectivity index (χ1) is 7.87. The zero-order valence-corrected chi connectivity index (χ0v) is 13.3. The van der Waals surface area contributed by atoms with E-state index < -0.39 is 7.22 Å². The predicted octanol–water partition coefficient (Wildman–Crippen LogP) is 5.04. The third-order valence-corrected chi connectivity index (χ3v) is 6.90. The largest absolute Gasteiger partial charge is 0.261 e. The van der Waals surface area contributed by atoms with Crippen molar-refractivity contribution in [1.29, 1.82) is 0 Å². The van der Waals surface area contributed by atoms with Crippen molar-refractivity contribution < 1.29 is 0 Å². The van der Waals surface area contributed by atoms with Crippen molar-refractivity contribution in [1.82, 2.24) is 0 Å². The molecule has 0 aliphatic heterocycles. The van der Waals surface area contributed by atoms with Gasteiger partial charge in [-0.15, -0.1) is 0 Å². The van der Waals surface area contributed by atoms with Gasteiger partial charge >= 0.3 is 0 Å². The molecule has 17 heavy (non-hydrogen) atoms. The minimum atomic E-state index is -1.00. The van der Waals surface area contributed by atoms with E-state index in [1.807, 2.05) is 0 Å². The zero-order chi connectivity index (χ0) is 12.9. The fraction of sp³-hybridized carbons (Fsp3) is 0.500. The Kier molecular flexibility index (Phi) is 5.47. The van der Waals surface area contributed by atoms with Crippen LogP contribution in [0.2, 0.25) is 19.6 Å². The van der Waals surface area contributed by atoms with E-state index in [0.29, 0.717) is 5.25 Å². The van der Waals surface area contributed by atoms with Crippen molar-refractivity contribution in [3.05, 3.63) is 29.8 Å². The number of hydrogen-bond donors (Lipinski definition) is 0. The Morgan fingerprint density at radius 2 is 1.82 bits per heavy atom. The highest BCUT2D eigenvalue weighted by Crippen LogP contribution is 2.26. The van der Waals surface area contributed by atoms with Crippen LogP contribution in [0.3, 0.4) is 0 Å². The molecule has 1 unspecified atom stereocenters. The lowest BCUT2D eigenvalue weighted by molar-refractivity contribution is 1.04. The number of benzene rings is 1. The first kappa shape index (κ1) is 14.5. The molecule has 94 valence electrons. The Labute approximate surface area is 110 Å². The van der Waals surface area contributed by atoms with Gasteiger partial charge in [0.25, 0.3) is 0 Å². The van der Waals surface area contributed by atoms with Gasteiger partial charge in [0.1, 0.15) is 7.22 Å². The van der Waals surface area contributed by atoms with Gasteiger partial charge in [0.05, 0.1) is 5.69 Å². The monoisotopic (exact) mass is 265 g/mol. The van der Waals surface area contributed by atoms with Crippen LogP contribution >= 0.6 is 11.2 Å². The van der Waals surface area contributed by atoms with E-state index >= 15 is 0 Å². The van der Waals surface area contributed by atoms with Gasteiger partial charge in [0.2, 0.25) is 0 Å². The molecular formula is C14H23NSSi. The van der Waals surface area contributed by atoms with Gasteiger partial charge in [0, 0.05) is 11.5 Å². The molecule has 1 nitrogen and oxygen atoms in total. The highest BCUT2D eigenvalue weighted by atomic mass is 32.4. The molecule has 0 aromatic heterocycles. The third kappa shape index (κ3) is 6.69. The summed E-state index contributed by atoms with van der Waals surface area (Å²) < 4.78 is 0. The first-order valence-electron chi connectivity index (χ1n) is 6.14. The lowest BCUT2D eigenvalue weighted by Crippen LogP contribution is -2.18. The summed E-state index contributed by atoms with van der Waals surface area (Å²) in [5.41, 5.74) is 2.34. The predicted molar refractivity (Wildman–Crippen MR) is 84.3 cm³/mol. The van der Waals surface area contributed by atoms with Gasteiger partial charge in [-0.25, -0.2) is 0 Å². The van der Waals surface area contributed by atoms with Gasteiger partial charge in [-0.2, -0.15) is 11.2 Å². The molecular weight excluding hydrogens is 242 g/mol. The van der Waals surface area contributed by atoms with Crippen LogP contribution in [0.5, 0.6) is 0 Å². The topological polar surface area (TPSA) is 12.4 Å². The van der Waals surface area contributed by atoms with Crippen molar-refractivity contribution in [2.45, 2.75) is 45.2 Å². The van der Waals surface area contributed by atoms with Crippen LogP contribution in [0.15, 0.2) is 29.3 Å². The van der Waals surface area contributed by atoms with E-state index in [1.54, 1.807) is 0 Å². The Hall–Kier alpha value is -0.543. The molecule has 1 aromatic carbocycles. The molecule has 0 heterocycles. The summed E-state index contributed by atoms with van der Waals surface area (Å²) in [6.45, 7) is 11.6. The summed E-state index contributed by atoms with van der Waals surface area (Å²) in [4.78, 5) is 4.49. The molecule has 3 heteroatoms. The van der Waals surface area contributed by atoms with Crippen LogP contribution in [-0.2, 0) is 0 Å². The van der Waals surface area contributed by atoms with E-state index in [4.69, 9.17) is 0 Å². The number of rotatable bonds is 5. The van der Waals surface area contributed by atoms with Gasteiger partial charge in [-0.3, -0.25) is 4.99 Å². The molecule has 0 N–H and O–H groups in total. The lowest BCUT2D eigenvalue weighted by atomic mass is 10.2. The summed E-state index contributed by atoms with van der Waals surface area (Å²) in [5.74, 6) is 0. The lowest BCUT2D eigenvalue weighted by Gasteiger charge is -2.19. The molecule has 0 fully saturated rings. The molecule has 0 radical (unpaired) electrons. The first-order valence-corrected chi connectivity index (χ1v) is 11.2. The van der Waals surface area contributed by atoms with E-state index in [1.165, 1.54) is 5.56 Å². The maximum atomic E-state index is 4.49. The molecule has 0 aliphatic rings. The molecule has 1 aromatic rings. The van der Waals surface area contributed by atoms with E-state index in [9.17, 15) is 0 Å². The van der Waals surface area contributed by atoms with E-state index in [2.05, 4.69) is 80.2 Å². The molecule has 1 rings (SSSR count). The maximum Gasteiger partial charge on any atom is 0.108 e. The minimum absolute atomic E-state index is 0.677. The number of hydrogen-bond acceptors (Lipinski definition) is 2. The Morgan fingerprint density at radius 3 is 2.35 bits per heavy atom. The highest BCUT2D eigenvalue weighted by Gasteiger charge is 2.17. The highest BCUT2D eigenvalue weighted by molar-refractivity contribution is 8.29. The molecule has 0 bridgehead atoms. The molecule has 1 atom stereocenters. The number of aliphatic imine (C=N–C) groups is 1. The zero-order valence-electron chi connectivity index (χ0n) is 11.5. The molecule has 0 aliphatic carbocycles. The SMILES string of the molecule is Cc1ccc(/N=C\CC(C)S[Si](C)(C)C)cc1. The van der Waals surface area contributed by atoms with E-state index in [0.717, 1.165) is 12.1 Å². The molecule has 0 saturated carbocycles. The normalized spacial score (nSPS) is 14.2. The average molecular weight is 265 g/mol. The molecule has 0 amide bonds. The molecule has 0 spiro atoms. The Morgan fingerprint density at radius 1 is 1.24 bits per heavy atom. The standard InChI is InChI=1S/C14H23NSSi/c1-12-6-8-14(9-7-12)15-11-10-13(2)16-17(3,4)5/h6-9,11,13H,10H2,1-5H3/b15-11-. The summed E-state index contributed by atoms with van der Waals surface area (Å²) in [7, 11) is -1.00. The minimum Gasteiger partial charge on any atom is -0.261 e. The van der Waals surface area contributed by atoms with E-state index in [-0.39, 0.29) is 0 Å². The molecule has 0 saturated heterocycles. The van der Waals surface area contributed by atoms with Crippen molar-refractivity contribution in [2.75, 3.05) is 0 Å². The second-order valence-corrected chi connectivity index (χ2v) is 15.1. The van der Waals surface area contributed by atoms with Crippen molar-refractivity contribution >= 4 is 30.3 Å². The fourth-order valence-electron chi connectivity index (χ4n) is 1.59. The van der Waals surface area contributed by atoms with Gasteiger partial charge < -0.3 is 0 Å². The van der Waals surface area contributed by atoms with Crippen LogP contribution in [-0.4, -0.2) is 18.7 Å². The maximum absolute atomic E-state index is 4.49. The van der Waals surface area contributed by atoms with Crippen LogP contribution < -0.4 is 0 Å². The van der Waals surface area contributed by atoms with Crippen molar-refractivity contribution in [3.63, 3.8) is 0 Å². The summed E-state index contributed by atoms with van der Waals surface area (Å²) in [6.07, 6.45) is 3.12. The second-order valence-electron chi connectivity index (χ2n) is 5.42. The summed E-state index contributed by atoms with van der Waals surface area (Å²) in [5, 5.41) is 0.677. The fourth-order valence-corrected chi connectivity index (χ4v) is 6.89. The average Bonchev–Trinajstić information content (AvgIpc) is 2.18. The van der Waals surface area contributed by atoms with Gasteiger partial charge in [0.15, 0.2) is 0 Å². The van der Waals surface area contributed by atoms with Crippen molar-refractivity contribution in [3.8, 4) is 0 Å². The van der Waals surface area contributed by atoms with Gasteiger partial charge in [-0.1, -0.05) is 44.3 Å². The quantitative estimate of drug-likeness (QED) is 0.536. The summed E-state index contributed by atoms with van der Waals surface area (Å²) >= 11 is 2.14. The third-order valence-electron chi connectivity index (χ3n) is 2.27. The number of aryl methyl sites for hydroxylation is 1. The number of nitrogens with zero attached hydrogens (tertiary/aromatic N) is 1. The second kappa shape index (κ2) is 6.41. The van der Waals surface area contributed by atoms with Crippen LogP contribution in [0.1, 0.15) is 18.9 Å².